The number of ketones is 2. The average molecular weight is 529 g/mol. The van der Waals surface area contributed by atoms with Crippen LogP contribution in [0.5, 0.6) is 11.5 Å². The lowest BCUT2D eigenvalue weighted by molar-refractivity contribution is -0.122. The third-order valence-electron chi connectivity index (χ3n) is 7.97. The molecule has 6 rings (SSSR count). The zero-order valence-corrected chi connectivity index (χ0v) is 21.8. The molecule has 3 aromatic carbocycles. The molecule has 38 heavy (non-hydrogen) atoms. The number of methoxy groups -OCH3 is 2. The van der Waals surface area contributed by atoms with Crippen LogP contribution >= 0.6 is 11.6 Å². The first-order chi connectivity index (χ1) is 18.3. The highest BCUT2D eigenvalue weighted by atomic mass is 35.5. The molecule has 4 atom stereocenters. The van der Waals surface area contributed by atoms with Crippen molar-refractivity contribution in [3.8, 4) is 11.5 Å². The maximum atomic E-state index is 14.7. The standard InChI is InChI=1S/C30H25ClN2O5/c1-16(34)27-26(28(35)20-15-19(37-2)10-12-24(20)38-3)30(21-6-4-5-7-22(21)32-29(30)36)25-13-8-17-14-18(31)9-11-23(17)33(25)27/h4-15,25-27H,1-3H3,(H,32,36)/t25-,26+,27+,30-/m1/s1. The van der Waals surface area contributed by atoms with Gasteiger partial charge in [-0.3, -0.25) is 14.4 Å². The molecule has 0 saturated carbocycles. The Morgan fingerprint density at radius 3 is 2.55 bits per heavy atom. The van der Waals surface area contributed by atoms with Crippen LogP contribution in [-0.4, -0.2) is 43.8 Å². The number of amides is 1. The number of hydrogen-bond acceptors (Lipinski definition) is 6. The van der Waals surface area contributed by atoms with Crippen molar-refractivity contribution in [2.75, 3.05) is 24.4 Å². The predicted molar refractivity (Wildman–Crippen MR) is 145 cm³/mol. The van der Waals surface area contributed by atoms with Gasteiger partial charge in [-0.1, -0.05) is 42.0 Å². The summed E-state index contributed by atoms with van der Waals surface area (Å²) in [6.07, 6.45) is 3.82. The molecule has 7 nitrogen and oxygen atoms in total. The fraction of sp³-hybridized carbons (Fsp3) is 0.233. The second-order valence-corrected chi connectivity index (χ2v) is 10.2. The summed E-state index contributed by atoms with van der Waals surface area (Å²) in [6, 6.07) is 16.2. The zero-order valence-electron chi connectivity index (χ0n) is 21.0. The van der Waals surface area contributed by atoms with E-state index in [0.717, 1.165) is 11.3 Å². The fourth-order valence-electron chi connectivity index (χ4n) is 6.48. The molecule has 192 valence electrons. The number of nitrogens with zero attached hydrogens (tertiary/aromatic N) is 1. The van der Waals surface area contributed by atoms with E-state index in [0.29, 0.717) is 27.8 Å². The van der Waals surface area contributed by atoms with E-state index in [2.05, 4.69) is 5.32 Å². The minimum atomic E-state index is -1.37. The van der Waals surface area contributed by atoms with Crippen LogP contribution in [0.2, 0.25) is 5.02 Å². The molecular formula is C30H25ClN2O5. The van der Waals surface area contributed by atoms with Crippen LogP contribution in [0.25, 0.3) is 6.08 Å². The van der Waals surface area contributed by atoms with Gasteiger partial charge < -0.3 is 19.7 Å². The minimum absolute atomic E-state index is 0.222. The Labute approximate surface area is 225 Å². The Balaban J connectivity index is 1.66. The second-order valence-electron chi connectivity index (χ2n) is 9.75. The summed E-state index contributed by atoms with van der Waals surface area (Å²) < 4.78 is 11.0. The summed E-state index contributed by atoms with van der Waals surface area (Å²) in [5.41, 5.74) is 1.75. The Morgan fingerprint density at radius 2 is 1.82 bits per heavy atom. The summed E-state index contributed by atoms with van der Waals surface area (Å²) >= 11 is 6.29. The number of fused-ring (bicyclic) bond motifs is 6. The average Bonchev–Trinajstić information content (AvgIpc) is 3.40. The molecule has 0 radical (unpaired) electrons. The molecule has 1 amide bonds. The van der Waals surface area contributed by atoms with Gasteiger partial charge in [-0.05, 0) is 60.5 Å². The smallest absolute Gasteiger partial charge is 0.238 e. The molecule has 1 saturated heterocycles. The lowest BCUT2D eigenvalue weighted by Gasteiger charge is -2.37. The van der Waals surface area contributed by atoms with Crippen LogP contribution in [0.1, 0.15) is 28.4 Å². The topological polar surface area (TPSA) is 84.9 Å². The third kappa shape index (κ3) is 3.18. The van der Waals surface area contributed by atoms with E-state index >= 15 is 0 Å². The summed E-state index contributed by atoms with van der Waals surface area (Å²) in [4.78, 5) is 44.3. The van der Waals surface area contributed by atoms with Crippen molar-refractivity contribution in [3.05, 3.63) is 88.5 Å². The molecule has 0 aromatic heterocycles. The van der Waals surface area contributed by atoms with Gasteiger partial charge in [-0.25, -0.2) is 0 Å². The third-order valence-corrected chi connectivity index (χ3v) is 8.20. The van der Waals surface area contributed by atoms with Crippen molar-refractivity contribution >= 4 is 46.5 Å². The molecule has 0 aliphatic carbocycles. The number of carbonyl (C=O) groups is 3. The van der Waals surface area contributed by atoms with Crippen LogP contribution in [-0.2, 0) is 15.0 Å². The van der Waals surface area contributed by atoms with Gasteiger partial charge in [0.1, 0.15) is 16.9 Å². The number of carbonyl (C=O) groups excluding carboxylic acids is 3. The molecule has 8 heteroatoms. The number of halogens is 1. The fourth-order valence-corrected chi connectivity index (χ4v) is 6.66. The molecule has 3 heterocycles. The lowest BCUT2D eigenvalue weighted by atomic mass is 9.64. The SMILES string of the molecule is COc1ccc(OC)c(C(=O)[C@@H]2[C@H](C(C)=O)N3c4ccc(Cl)cc4C=C[C@@H]3[C@@]23C(=O)Nc2ccccc23)c1. The summed E-state index contributed by atoms with van der Waals surface area (Å²) in [5.74, 6) is -1.16. The number of hydrogen-bond donors (Lipinski definition) is 1. The zero-order chi connectivity index (χ0) is 26.8. The first kappa shape index (κ1) is 24.2. The van der Waals surface area contributed by atoms with Gasteiger partial charge in [0.05, 0.1) is 37.8 Å². The maximum absolute atomic E-state index is 14.7. The van der Waals surface area contributed by atoms with E-state index in [4.69, 9.17) is 21.1 Å². The monoisotopic (exact) mass is 528 g/mol. The summed E-state index contributed by atoms with van der Waals surface area (Å²) in [6.45, 7) is 1.47. The van der Waals surface area contributed by atoms with Crippen LogP contribution in [0.3, 0.4) is 0 Å². The predicted octanol–water partition coefficient (Wildman–Crippen LogP) is 4.92. The van der Waals surface area contributed by atoms with E-state index in [-0.39, 0.29) is 23.0 Å². The van der Waals surface area contributed by atoms with E-state index < -0.39 is 23.4 Å². The van der Waals surface area contributed by atoms with E-state index in [1.54, 1.807) is 24.3 Å². The number of Topliss-reactive ketones (excluding diaryl/α,β-unsaturated/α-hetero) is 2. The number of ether oxygens (including phenoxy) is 2. The van der Waals surface area contributed by atoms with Gasteiger partial charge >= 0.3 is 0 Å². The second kappa shape index (κ2) is 8.74. The highest BCUT2D eigenvalue weighted by Gasteiger charge is 2.70. The first-order valence-corrected chi connectivity index (χ1v) is 12.6. The Morgan fingerprint density at radius 1 is 1.03 bits per heavy atom. The molecule has 1 spiro atoms. The number of benzene rings is 3. The molecule has 1 N–H and O–H groups in total. The minimum Gasteiger partial charge on any atom is -0.497 e. The number of para-hydroxylation sites is 1. The largest absolute Gasteiger partial charge is 0.497 e. The molecular weight excluding hydrogens is 504 g/mol. The lowest BCUT2D eigenvalue weighted by Crippen LogP contribution is -2.51. The molecule has 0 unspecified atom stereocenters. The summed E-state index contributed by atoms with van der Waals surface area (Å²) in [7, 11) is 2.99. The van der Waals surface area contributed by atoms with E-state index in [9.17, 15) is 14.4 Å². The highest BCUT2D eigenvalue weighted by molar-refractivity contribution is 6.31. The Hall–Kier alpha value is -4.10. The van der Waals surface area contributed by atoms with Crippen molar-refractivity contribution in [2.45, 2.75) is 24.4 Å². The van der Waals surface area contributed by atoms with Crippen LogP contribution in [0.15, 0.2) is 66.7 Å². The van der Waals surface area contributed by atoms with Crippen LogP contribution in [0.4, 0.5) is 11.4 Å². The Bertz CT molecular complexity index is 1550. The van der Waals surface area contributed by atoms with Crippen LogP contribution < -0.4 is 19.7 Å². The first-order valence-electron chi connectivity index (χ1n) is 12.3. The van der Waals surface area contributed by atoms with Crippen molar-refractivity contribution in [1.82, 2.24) is 0 Å². The van der Waals surface area contributed by atoms with Gasteiger partial charge in [-0.2, -0.15) is 0 Å². The Kier molecular flexibility index (Phi) is 5.58. The van der Waals surface area contributed by atoms with E-state index in [1.165, 1.54) is 21.1 Å². The van der Waals surface area contributed by atoms with Gasteiger partial charge in [-0.15, -0.1) is 0 Å². The highest BCUT2D eigenvalue weighted by Crippen LogP contribution is 2.58. The quantitative estimate of drug-likeness (QED) is 0.473. The molecule has 3 aromatic rings. The van der Waals surface area contributed by atoms with E-state index in [1.807, 2.05) is 53.5 Å². The van der Waals surface area contributed by atoms with Crippen molar-refractivity contribution < 1.29 is 23.9 Å². The molecule has 1 fully saturated rings. The number of anilines is 2. The molecule has 3 aliphatic rings. The van der Waals surface area contributed by atoms with Crippen molar-refractivity contribution in [3.63, 3.8) is 0 Å². The molecule has 0 bridgehead atoms. The number of nitrogens with one attached hydrogen (secondary N) is 1. The summed E-state index contributed by atoms with van der Waals surface area (Å²) in [5, 5.41) is 3.56. The van der Waals surface area contributed by atoms with Crippen molar-refractivity contribution in [2.24, 2.45) is 5.92 Å². The van der Waals surface area contributed by atoms with Crippen LogP contribution in [0, 0.1) is 5.92 Å². The molecule has 3 aliphatic heterocycles. The van der Waals surface area contributed by atoms with Gasteiger partial charge in [0.15, 0.2) is 11.6 Å². The van der Waals surface area contributed by atoms with Gasteiger partial charge in [0, 0.05) is 16.4 Å². The maximum Gasteiger partial charge on any atom is 0.238 e. The normalized spacial score (nSPS) is 24.5. The van der Waals surface area contributed by atoms with Crippen molar-refractivity contribution in [1.29, 1.82) is 0 Å². The number of rotatable bonds is 5. The van der Waals surface area contributed by atoms with Gasteiger partial charge in [0.25, 0.3) is 0 Å². The van der Waals surface area contributed by atoms with Gasteiger partial charge in [0.2, 0.25) is 5.91 Å².